The molecular weight excluding hydrogens is 248 g/mol. The summed E-state index contributed by atoms with van der Waals surface area (Å²) >= 11 is 0. The van der Waals surface area contributed by atoms with Gasteiger partial charge in [0.1, 0.15) is 0 Å². The lowest BCUT2D eigenvalue weighted by Crippen LogP contribution is -2.48. The van der Waals surface area contributed by atoms with Crippen LogP contribution in [0.5, 0.6) is 0 Å². The van der Waals surface area contributed by atoms with Gasteiger partial charge < -0.3 is 0 Å². The SMILES string of the molecule is C1CC[C@@H]2[C@@H](C1)N1CN3CN2CN(C1)[C@H]1CCCC[C@@H]13. The molecule has 0 N–H and O–H groups in total. The molecule has 0 aromatic rings. The van der Waals surface area contributed by atoms with E-state index in [0.717, 1.165) is 24.2 Å². The van der Waals surface area contributed by atoms with Gasteiger partial charge in [-0.25, -0.2) is 0 Å². The molecule has 0 unspecified atom stereocenters. The van der Waals surface area contributed by atoms with Crippen molar-refractivity contribution in [1.29, 1.82) is 0 Å². The van der Waals surface area contributed by atoms with Gasteiger partial charge in [-0.3, -0.25) is 19.6 Å². The van der Waals surface area contributed by atoms with E-state index in [1.807, 2.05) is 0 Å². The van der Waals surface area contributed by atoms with Crippen molar-refractivity contribution in [2.75, 3.05) is 26.7 Å². The van der Waals surface area contributed by atoms with Gasteiger partial charge in [0.2, 0.25) is 0 Å². The topological polar surface area (TPSA) is 13.0 Å². The lowest BCUT2D eigenvalue weighted by molar-refractivity contribution is 0.0502. The number of hydrogen-bond acceptors (Lipinski definition) is 4. The zero-order valence-electron chi connectivity index (χ0n) is 12.6. The average Bonchev–Trinajstić information content (AvgIpc) is 2.86. The number of hydrogen-bond donors (Lipinski definition) is 0. The van der Waals surface area contributed by atoms with E-state index in [1.165, 1.54) is 78.0 Å². The van der Waals surface area contributed by atoms with Crippen molar-refractivity contribution < 1.29 is 0 Å². The summed E-state index contributed by atoms with van der Waals surface area (Å²) in [5.74, 6) is 0. The van der Waals surface area contributed by atoms with Gasteiger partial charge >= 0.3 is 0 Å². The summed E-state index contributed by atoms with van der Waals surface area (Å²) in [6, 6.07) is 3.38. The van der Waals surface area contributed by atoms with Gasteiger partial charge in [-0.05, 0) is 25.7 Å². The highest BCUT2D eigenvalue weighted by Gasteiger charge is 2.49. The lowest BCUT2D eigenvalue weighted by Gasteiger charge is -2.38. The highest BCUT2D eigenvalue weighted by Crippen LogP contribution is 2.39. The first-order valence-corrected chi connectivity index (χ1v) is 8.86. The maximum Gasteiger partial charge on any atom is 0.0537 e. The predicted molar refractivity (Wildman–Crippen MR) is 78.9 cm³/mol. The van der Waals surface area contributed by atoms with Crippen LogP contribution in [0.25, 0.3) is 0 Å². The van der Waals surface area contributed by atoms with Crippen LogP contribution in [0.15, 0.2) is 0 Å². The maximum atomic E-state index is 2.84. The van der Waals surface area contributed by atoms with Gasteiger partial charge in [-0.15, -0.1) is 0 Å². The third-order valence-corrected chi connectivity index (χ3v) is 6.72. The molecule has 0 spiro atoms. The Morgan fingerprint density at radius 2 is 0.650 bits per heavy atom. The second-order valence-electron chi connectivity index (χ2n) is 7.76. The predicted octanol–water partition coefficient (Wildman–Crippen LogP) is 1.69. The molecule has 0 amide bonds. The molecule has 4 aliphatic heterocycles. The van der Waals surface area contributed by atoms with Gasteiger partial charge in [0, 0.05) is 24.2 Å². The summed E-state index contributed by atoms with van der Waals surface area (Å²) in [6.45, 7) is 4.98. The number of rotatable bonds is 0. The molecule has 6 rings (SSSR count). The highest BCUT2D eigenvalue weighted by molar-refractivity contribution is 5.02. The Morgan fingerprint density at radius 3 is 0.900 bits per heavy atom. The Morgan fingerprint density at radius 1 is 0.400 bits per heavy atom. The molecule has 4 bridgehead atoms. The van der Waals surface area contributed by atoms with Crippen molar-refractivity contribution in [1.82, 2.24) is 19.6 Å². The lowest BCUT2D eigenvalue weighted by atomic mass is 9.89. The summed E-state index contributed by atoms with van der Waals surface area (Å²) < 4.78 is 0. The molecule has 0 aromatic heterocycles. The Balaban J connectivity index is 1.54. The Labute approximate surface area is 122 Å². The molecule has 0 aromatic carbocycles. The Hall–Kier alpha value is -0.160. The van der Waals surface area contributed by atoms with Gasteiger partial charge in [0.05, 0.1) is 26.7 Å². The molecule has 4 heterocycles. The molecule has 4 nitrogen and oxygen atoms in total. The first kappa shape index (κ1) is 12.4. The van der Waals surface area contributed by atoms with Crippen molar-refractivity contribution in [2.45, 2.75) is 75.5 Å². The minimum absolute atomic E-state index is 0.846. The second kappa shape index (κ2) is 4.67. The van der Waals surface area contributed by atoms with Gasteiger partial charge in [-0.1, -0.05) is 25.7 Å². The monoisotopic (exact) mass is 276 g/mol. The van der Waals surface area contributed by atoms with Crippen molar-refractivity contribution in [3.63, 3.8) is 0 Å². The summed E-state index contributed by atoms with van der Waals surface area (Å²) in [5, 5.41) is 0. The first-order chi connectivity index (χ1) is 9.90. The van der Waals surface area contributed by atoms with E-state index in [2.05, 4.69) is 19.6 Å². The van der Waals surface area contributed by atoms with Gasteiger partial charge in [0.25, 0.3) is 0 Å². The van der Waals surface area contributed by atoms with E-state index in [4.69, 9.17) is 0 Å². The summed E-state index contributed by atoms with van der Waals surface area (Å²) in [7, 11) is 0. The van der Waals surface area contributed by atoms with Crippen LogP contribution in [0.1, 0.15) is 51.4 Å². The fraction of sp³-hybridized carbons (Fsp3) is 1.00. The van der Waals surface area contributed by atoms with Crippen LogP contribution in [-0.4, -0.2) is 70.4 Å². The van der Waals surface area contributed by atoms with E-state index in [1.54, 1.807) is 0 Å². The van der Waals surface area contributed by atoms with Crippen molar-refractivity contribution in [3.05, 3.63) is 0 Å². The van der Waals surface area contributed by atoms with Crippen LogP contribution < -0.4 is 0 Å². The van der Waals surface area contributed by atoms with Crippen LogP contribution in [0.3, 0.4) is 0 Å². The van der Waals surface area contributed by atoms with Crippen LogP contribution >= 0.6 is 0 Å². The smallest absolute Gasteiger partial charge is 0.0537 e. The largest absolute Gasteiger partial charge is 0.273 e. The third kappa shape index (κ3) is 1.75. The third-order valence-electron chi connectivity index (χ3n) is 6.72. The quantitative estimate of drug-likeness (QED) is 0.667. The maximum absolute atomic E-state index is 2.84. The van der Waals surface area contributed by atoms with E-state index < -0.39 is 0 Å². The van der Waals surface area contributed by atoms with Crippen molar-refractivity contribution >= 4 is 0 Å². The molecule has 0 radical (unpaired) electrons. The molecule has 20 heavy (non-hydrogen) atoms. The zero-order valence-corrected chi connectivity index (χ0v) is 12.6. The van der Waals surface area contributed by atoms with E-state index in [0.29, 0.717) is 0 Å². The molecule has 6 aliphatic rings. The highest BCUT2D eigenvalue weighted by atomic mass is 15.6. The molecule has 4 heteroatoms. The summed E-state index contributed by atoms with van der Waals surface area (Å²) in [5.41, 5.74) is 0. The van der Waals surface area contributed by atoms with Gasteiger partial charge in [0.15, 0.2) is 0 Å². The minimum Gasteiger partial charge on any atom is -0.273 e. The molecular formula is C16H28N4. The fourth-order valence-corrected chi connectivity index (χ4v) is 5.84. The molecule has 6 fully saturated rings. The number of nitrogens with zero attached hydrogens (tertiary/aromatic N) is 4. The molecule has 2 aliphatic carbocycles. The van der Waals surface area contributed by atoms with Crippen molar-refractivity contribution in [3.8, 4) is 0 Å². The van der Waals surface area contributed by atoms with Crippen LogP contribution in [0.2, 0.25) is 0 Å². The Bertz CT molecular complexity index is 307. The van der Waals surface area contributed by atoms with Crippen LogP contribution in [0.4, 0.5) is 0 Å². The second-order valence-corrected chi connectivity index (χ2v) is 7.76. The molecule has 2 saturated carbocycles. The fourth-order valence-electron chi connectivity index (χ4n) is 5.84. The van der Waals surface area contributed by atoms with Crippen LogP contribution in [-0.2, 0) is 0 Å². The van der Waals surface area contributed by atoms with Crippen LogP contribution in [0, 0.1) is 0 Å². The van der Waals surface area contributed by atoms with Crippen molar-refractivity contribution in [2.24, 2.45) is 0 Å². The minimum atomic E-state index is 0.846. The molecule has 112 valence electrons. The van der Waals surface area contributed by atoms with Gasteiger partial charge in [-0.2, -0.15) is 0 Å². The Kier molecular flexibility index (Phi) is 2.89. The average molecular weight is 276 g/mol. The standard InChI is InChI=1S/C16H28N4/c1-2-6-14-13(5-1)17-9-19-11-18(14)12-20(10-17)16-8-4-3-7-15(16)19/h13-16H,1-12H2/t13-,14-,15+,16+. The summed E-state index contributed by atoms with van der Waals surface area (Å²) in [6.07, 6.45) is 11.6. The molecule has 4 saturated heterocycles. The van der Waals surface area contributed by atoms with E-state index in [-0.39, 0.29) is 0 Å². The molecule has 4 atom stereocenters. The summed E-state index contributed by atoms with van der Waals surface area (Å²) in [4.78, 5) is 11.4. The zero-order chi connectivity index (χ0) is 13.1. The van der Waals surface area contributed by atoms with E-state index >= 15 is 0 Å². The normalized spacial score (nSPS) is 57.6. The first-order valence-electron chi connectivity index (χ1n) is 8.86. The van der Waals surface area contributed by atoms with E-state index in [9.17, 15) is 0 Å².